The second-order valence-electron chi connectivity index (χ2n) is 4.20. The molecule has 0 aliphatic carbocycles. The van der Waals surface area contributed by atoms with E-state index in [0.29, 0.717) is 12.1 Å². The first kappa shape index (κ1) is 16.2. The molecule has 100 valence electrons. The Morgan fingerprint density at radius 1 is 1.24 bits per heavy atom. The average molecular weight is 250 g/mol. The van der Waals surface area contributed by atoms with Crippen molar-refractivity contribution in [2.45, 2.75) is 39.0 Å². The SMILES string of the molecule is C=C/C(C)=C/C(NCCNC(C)C)C(F)(F)F. The predicted molar refractivity (Wildman–Crippen MR) is 64.9 cm³/mol. The molecule has 0 aromatic heterocycles. The highest BCUT2D eigenvalue weighted by molar-refractivity contribution is 5.17. The highest BCUT2D eigenvalue weighted by Gasteiger charge is 2.37. The maximum atomic E-state index is 12.6. The fourth-order valence-corrected chi connectivity index (χ4v) is 1.19. The van der Waals surface area contributed by atoms with Crippen LogP contribution in [0, 0.1) is 0 Å². The maximum Gasteiger partial charge on any atom is 0.407 e. The molecule has 17 heavy (non-hydrogen) atoms. The van der Waals surface area contributed by atoms with Crippen LogP contribution in [0.5, 0.6) is 0 Å². The molecule has 0 saturated heterocycles. The fraction of sp³-hybridized carbons (Fsp3) is 0.667. The molecule has 1 unspecified atom stereocenters. The van der Waals surface area contributed by atoms with Gasteiger partial charge in [-0.1, -0.05) is 38.2 Å². The summed E-state index contributed by atoms with van der Waals surface area (Å²) in [5, 5.41) is 5.52. The Bertz CT molecular complexity index is 257. The molecule has 0 heterocycles. The number of alkyl halides is 3. The number of hydrogen-bond acceptors (Lipinski definition) is 2. The van der Waals surface area contributed by atoms with E-state index in [0.717, 1.165) is 6.08 Å². The minimum atomic E-state index is -4.28. The largest absolute Gasteiger partial charge is 0.407 e. The van der Waals surface area contributed by atoms with Crippen LogP contribution in [0.15, 0.2) is 24.3 Å². The Kier molecular flexibility index (Phi) is 7.15. The third-order valence-electron chi connectivity index (χ3n) is 2.15. The summed E-state index contributed by atoms with van der Waals surface area (Å²) in [5.41, 5.74) is 0.511. The molecule has 0 bridgehead atoms. The van der Waals surface area contributed by atoms with Gasteiger partial charge in [0, 0.05) is 19.1 Å². The molecular weight excluding hydrogens is 229 g/mol. The van der Waals surface area contributed by atoms with Crippen molar-refractivity contribution < 1.29 is 13.2 Å². The van der Waals surface area contributed by atoms with Gasteiger partial charge in [-0.05, 0) is 6.92 Å². The normalized spacial score (nSPS) is 15.1. The Labute approximate surface area is 101 Å². The fourth-order valence-electron chi connectivity index (χ4n) is 1.19. The van der Waals surface area contributed by atoms with Crippen molar-refractivity contribution in [3.8, 4) is 0 Å². The molecule has 0 rings (SSSR count). The molecule has 2 nitrogen and oxygen atoms in total. The quantitative estimate of drug-likeness (QED) is 0.536. The number of rotatable bonds is 7. The molecule has 0 aromatic carbocycles. The molecule has 0 aliphatic heterocycles. The van der Waals surface area contributed by atoms with Crippen LogP contribution in [0.4, 0.5) is 13.2 Å². The van der Waals surface area contributed by atoms with Gasteiger partial charge in [-0.2, -0.15) is 13.2 Å². The first-order valence-electron chi connectivity index (χ1n) is 5.61. The molecule has 5 heteroatoms. The van der Waals surface area contributed by atoms with E-state index in [2.05, 4.69) is 17.2 Å². The molecule has 1 atom stereocenters. The highest BCUT2D eigenvalue weighted by atomic mass is 19.4. The topological polar surface area (TPSA) is 24.1 Å². The third-order valence-corrected chi connectivity index (χ3v) is 2.15. The van der Waals surface area contributed by atoms with Crippen LogP contribution in [0.1, 0.15) is 20.8 Å². The van der Waals surface area contributed by atoms with E-state index in [1.807, 2.05) is 13.8 Å². The molecule has 0 saturated carbocycles. The zero-order valence-electron chi connectivity index (χ0n) is 10.6. The summed E-state index contributed by atoms with van der Waals surface area (Å²) in [4.78, 5) is 0. The summed E-state index contributed by atoms with van der Waals surface area (Å²) in [6.07, 6.45) is -1.72. The van der Waals surface area contributed by atoms with E-state index in [1.165, 1.54) is 6.08 Å². The van der Waals surface area contributed by atoms with E-state index >= 15 is 0 Å². The van der Waals surface area contributed by atoms with Crippen molar-refractivity contribution >= 4 is 0 Å². The summed E-state index contributed by atoms with van der Waals surface area (Å²) >= 11 is 0. The average Bonchev–Trinajstić information content (AvgIpc) is 2.20. The zero-order chi connectivity index (χ0) is 13.5. The monoisotopic (exact) mass is 250 g/mol. The Morgan fingerprint density at radius 3 is 2.18 bits per heavy atom. The van der Waals surface area contributed by atoms with Crippen LogP contribution in [-0.4, -0.2) is 31.3 Å². The predicted octanol–water partition coefficient (Wildman–Crippen LogP) is 2.64. The van der Waals surface area contributed by atoms with Gasteiger partial charge in [-0.25, -0.2) is 0 Å². The Morgan fingerprint density at radius 2 is 1.76 bits per heavy atom. The van der Waals surface area contributed by atoms with Crippen molar-refractivity contribution in [3.63, 3.8) is 0 Å². The first-order valence-corrected chi connectivity index (χ1v) is 5.61. The lowest BCUT2D eigenvalue weighted by Crippen LogP contribution is -2.44. The summed E-state index contributed by atoms with van der Waals surface area (Å²) < 4.78 is 37.9. The molecule has 0 fully saturated rings. The Balaban J connectivity index is 4.28. The first-order chi connectivity index (χ1) is 7.77. The van der Waals surface area contributed by atoms with E-state index in [9.17, 15) is 13.2 Å². The van der Waals surface area contributed by atoms with Crippen molar-refractivity contribution in [1.29, 1.82) is 0 Å². The maximum absolute atomic E-state index is 12.6. The van der Waals surface area contributed by atoms with E-state index in [-0.39, 0.29) is 12.6 Å². The molecule has 0 aliphatic rings. The number of allylic oxidation sites excluding steroid dienone is 2. The van der Waals surface area contributed by atoms with Gasteiger partial charge in [-0.3, -0.25) is 0 Å². The smallest absolute Gasteiger partial charge is 0.313 e. The number of hydrogen-bond donors (Lipinski definition) is 2. The molecule has 0 amide bonds. The molecule has 0 spiro atoms. The number of nitrogens with one attached hydrogen (secondary N) is 2. The zero-order valence-corrected chi connectivity index (χ0v) is 10.6. The van der Waals surface area contributed by atoms with Crippen molar-refractivity contribution in [3.05, 3.63) is 24.3 Å². The lowest BCUT2D eigenvalue weighted by molar-refractivity contribution is -0.144. The van der Waals surface area contributed by atoms with Gasteiger partial charge in [0.25, 0.3) is 0 Å². The minimum absolute atomic E-state index is 0.267. The van der Waals surface area contributed by atoms with E-state index in [1.54, 1.807) is 6.92 Å². The van der Waals surface area contributed by atoms with Crippen molar-refractivity contribution in [1.82, 2.24) is 10.6 Å². The van der Waals surface area contributed by atoms with Gasteiger partial charge in [0.1, 0.15) is 6.04 Å². The van der Waals surface area contributed by atoms with Gasteiger partial charge >= 0.3 is 6.18 Å². The van der Waals surface area contributed by atoms with Crippen LogP contribution in [0.3, 0.4) is 0 Å². The molecule has 2 N–H and O–H groups in total. The molecule has 0 radical (unpaired) electrons. The summed E-state index contributed by atoms with van der Waals surface area (Å²) in [6.45, 7) is 9.70. The van der Waals surface area contributed by atoms with Crippen molar-refractivity contribution in [2.75, 3.05) is 13.1 Å². The lowest BCUT2D eigenvalue weighted by Gasteiger charge is -2.19. The second-order valence-corrected chi connectivity index (χ2v) is 4.20. The standard InChI is InChI=1S/C12H21F3N2/c1-5-10(4)8-11(12(13,14)15)17-7-6-16-9(2)3/h5,8-9,11,16-17H,1,6-7H2,2-4H3/b10-8+. The van der Waals surface area contributed by atoms with Crippen LogP contribution >= 0.6 is 0 Å². The van der Waals surface area contributed by atoms with Crippen LogP contribution in [-0.2, 0) is 0 Å². The summed E-state index contributed by atoms with van der Waals surface area (Å²) in [5.74, 6) is 0. The van der Waals surface area contributed by atoms with Gasteiger partial charge < -0.3 is 10.6 Å². The summed E-state index contributed by atoms with van der Waals surface area (Å²) in [7, 11) is 0. The summed E-state index contributed by atoms with van der Waals surface area (Å²) in [6, 6.07) is -1.35. The molecule has 0 aromatic rings. The van der Waals surface area contributed by atoms with Crippen LogP contribution in [0.25, 0.3) is 0 Å². The minimum Gasteiger partial charge on any atom is -0.313 e. The van der Waals surface area contributed by atoms with Crippen molar-refractivity contribution in [2.24, 2.45) is 0 Å². The van der Waals surface area contributed by atoms with Gasteiger partial charge in [-0.15, -0.1) is 0 Å². The van der Waals surface area contributed by atoms with E-state index in [4.69, 9.17) is 0 Å². The second kappa shape index (κ2) is 7.50. The lowest BCUT2D eigenvalue weighted by atomic mass is 10.2. The van der Waals surface area contributed by atoms with Gasteiger partial charge in [0.05, 0.1) is 0 Å². The Hall–Kier alpha value is -0.810. The highest BCUT2D eigenvalue weighted by Crippen LogP contribution is 2.22. The van der Waals surface area contributed by atoms with Gasteiger partial charge in [0.2, 0.25) is 0 Å². The van der Waals surface area contributed by atoms with Crippen LogP contribution in [0.2, 0.25) is 0 Å². The third kappa shape index (κ3) is 7.99. The number of halogens is 3. The van der Waals surface area contributed by atoms with Gasteiger partial charge in [0.15, 0.2) is 0 Å². The van der Waals surface area contributed by atoms with Crippen LogP contribution < -0.4 is 10.6 Å². The van der Waals surface area contributed by atoms with E-state index < -0.39 is 12.2 Å². The molecular formula is C12H21F3N2.